The van der Waals surface area contributed by atoms with Gasteiger partial charge in [0.05, 0.1) is 36.2 Å². The molecule has 0 bridgehead atoms. The summed E-state index contributed by atoms with van der Waals surface area (Å²) in [5.74, 6) is 0.107. The van der Waals surface area contributed by atoms with Gasteiger partial charge in [-0.15, -0.1) is 11.3 Å². The minimum atomic E-state index is -0.603. The summed E-state index contributed by atoms with van der Waals surface area (Å²) in [5, 5.41) is 9.18. The Hall–Kier alpha value is -3.31. The number of carbonyl (C=O) groups excluding carboxylic acids is 1. The van der Waals surface area contributed by atoms with Crippen LogP contribution in [0.3, 0.4) is 0 Å². The van der Waals surface area contributed by atoms with Crippen molar-refractivity contribution in [2.45, 2.75) is 13.3 Å². The summed E-state index contributed by atoms with van der Waals surface area (Å²) in [4.78, 5) is 17.5. The molecule has 3 aromatic rings. The lowest BCUT2D eigenvalue weighted by Crippen LogP contribution is -2.11. The van der Waals surface area contributed by atoms with Crippen LogP contribution in [0.2, 0.25) is 0 Å². The Morgan fingerprint density at radius 2 is 2.11 bits per heavy atom. The molecule has 27 heavy (non-hydrogen) atoms. The van der Waals surface area contributed by atoms with Gasteiger partial charge in [-0.2, -0.15) is 5.26 Å². The SMILES string of the molecule is COC(=O)c1c(N)c(C#N)cn1-c1ccc(OCCc2scnc2C)cc1. The van der Waals surface area contributed by atoms with Crippen LogP contribution in [0.4, 0.5) is 5.69 Å². The van der Waals surface area contributed by atoms with E-state index in [0.717, 1.165) is 12.1 Å². The van der Waals surface area contributed by atoms with Gasteiger partial charge < -0.3 is 19.8 Å². The number of hydrogen-bond acceptors (Lipinski definition) is 7. The maximum absolute atomic E-state index is 12.0. The van der Waals surface area contributed by atoms with Crippen LogP contribution in [0.25, 0.3) is 5.69 Å². The number of hydrogen-bond donors (Lipinski definition) is 1. The third kappa shape index (κ3) is 3.78. The first-order valence-corrected chi connectivity index (χ1v) is 9.04. The van der Waals surface area contributed by atoms with Crippen LogP contribution >= 0.6 is 11.3 Å². The predicted octanol–water partition coefficient (Wildman–Crippen LogP) is 3.10. The third-order valence-corrected chi connectivity index (χ3v) is 5.10. The molecule has 138 valence electrons. The minimum Gasteiger partial charge on any atom is -0.493 e. The summed E-state index contributed by atoms with van der Waals surface area (Å²) in [6.45, 7) is 2.53. The van der Waals surface area contributed by atoms with E-state index >= 15 is 0 Å². The first-order chi connectivity index (χ1) is 13.0. The molecule has 0 saturated heterocycles. The summed E-state index contributed by atoms with van der Waals surface area (Å²) in [6, 6.07) is 9.17. The molecule has 0 aliphatic rings. The van der Waals surface area contributed by atoms with Crippen molar-refractivity contribution in [3.05, 3.63) is 57.8 Å². The number of ether oxygens (including phenoxy) is 2. The van der Waals surface area contributed by atoms with Crippen molar-refractivity contribution in [1.29, 1.82) is 5.26 Å². The van der Waals surface area contributed by atoms with Gasteiger partial charge in [0.2, 0.25) is 0 Å². The van der Waals surface area contributed by atoms with Crippen molar-refractivity contribution < 1.29 is 14.3 Å². The second-order valence-electron chi connectivity index (χ2n) is 5.73. The number of esters is 1. The summed E-state index contributed by atoms with van der Waals surface area (Å²) >= 11 is 1.62. The number of rotatable bonds is 6. The van der Waals surface area contributed by atoms with Crippen LogP contribution in [0.1, 0.15) is 26.6 Å². The maximum atomic E-state index is 12.0. The fraction of sp³-hybridized carbons (Fsp3) is 0.211. The normalized spacial score (nSPS) is 10.4. The van der Waals surface area contributed by atoms with Gasteiger partial charge in [-0.25, -0.2) is 9.78 Å². The zero-order valence-electron chi connectivity index (χ0n) is 14.9. The fourth-order valence-electron chi connectivity index (χ4n) is 2.65. The van der Waals surface area contributed by atoms with Crippen molar-refractivity contribution in [1.82, 2.24) is 9.55 Å². The predicted molar refractivity (Wildman–Crippen MR) is 102 cm³/mol. The summed E-state index contributed by atoms with van der Waals surface area (Å²) < 4.78 is 12.1. The Morgan fingerprint density at radius 1 is 1.37 bits per heavy atom. The van der Waals surface area contributed by atoms with Gasteiger partial charge in [-0.3, -0.25) is 0 Å². The van der Waals surface area contributed by atoms with Crippen LogP contribution in [-0.2, 0) is 11.2 Å². The molecule has 0 radical (unpaired) electrons. The average molecular weight is 382 g/mol. The third-order valence-electron chi connectivity index (χ3n) is 4.10. The number of carbonyl (C=O) groups is 1. The highest BCUT2D eigenvalue weighted by molar-refractivity contribution is 7.09. The van der Waals surface area contributed by atoms with Gasteiger partial charge in [0.15, 0.2) is 5.69 Å². The van der Waals surface area contributed by atoms with E-state index in [-0.39, 0.29) is 16.9 Å². The van der Waals surface area contributed by atoms with Gasteiger partial charge in [0.25, 0.3) is 0 Å². The molecular formula is C19H18N4O3S. The zero-order valence-corrected chi connectivity index (χ0v) is 15.7. The molecule has 8 heteroatoms. The molecule has 0 fully saturated rings. The number of nitrogens with two attached hydrogens (primary N) is 1. The molecule has 0 spiro atoms. The van der Waals surface area contributed by atoms with Gasteiger partial charge in [0.1, 0.15) is 11.8 Å². The van der Waals surface area contributed by atoms with E-state index < -0.39 is 5.97 Å². The quantitative estimate of drug-likeness (QED) is 0.657. The van der Waals surface area contributed by atoms with E-state index in [1.54, 1.807) is 40.2 Å². The van der Waals surface area contributed by atoms with Gasteiger partial charge >= 0.3 is 5.97 Å². The minimum absolute atomic E-state index is 0.101. The van der Waals surface area contributed by atoms with Crippen molar-refractivity contribution in [2.24, 2.45) is 0 Å². The highest BCUT2D eigenvalue weighted by atomic mass is 32.1. The van der Waals surface area contributed by atoms with Crippen LogP contribution in [-0.4, -0.2) is 29.2 Å². The van der Waals surface area contributed by atoms with Crippen molar-refractivity contribution >= 4 is 23.0 Å². The Kier molecular flexibility index (Phi) is 5.43. The lowest BCUT2D eigenvalue weighted by Gasteiger charge is -2.10. The summed E-state index contributed by atoms with van der Waals surface area (Å²) in [5.41, 5.74) is 9.90. The summed E-state index contributed by atoms with van der Waals surface area (Å²) in [6.07, 6.45) is 2.31. The average Bonchev–Trinajstić information content (AvgIpc) is 3.24. The molecule has 7 nitrogen and oxygen atoms in total. The number of anilines is 1. The first-order valence-electron chi connectivity index (χ1n) is 8.16. The molecule has 1 aromatic carbocycles. The summed E-state index contributed by atoms with van der Waals surface area (Å²) in [7, 11) is 1.27. The van der Waals surface area contributed by atoms with Gasteiger partial charge in [0, 0.05) is 23.2 Å². The number of methoxy groups -OCH3 is 1. The maximum Gasteiger partial charge on any atom is 0.357 e. The highest BCUT2D eigenvalue weighted by Crippen LogP contribution is 2.26. The lowest BCUT2D eigenvalue weighted by atomic mass is 10.2. The molecule has 0 amide bonds. The number of thiazole rings is 1. The van der Waals surface area contributed by atoms with E-state index in [1.165, 1.54) is 18.2 Å². The number of benzene rings is 1. The van der Waals surface area contributed by atoms with E-state index in [0.29, 0.717) is 18.0 Å². The molecule has 2 N–H and O–H groups in total. The largest absolute Gasteiger partial charge is 0.493 e. The van der Waals surface area contributed by atoms with Gasteiger partial charge in [-0.05, 0) is 31.2 Å². The van der Waals surface area contributed by atoms with Crippen molar-refractivity contribution in [3.8, 4) is 17.5 Å². The van der Waals surface area contributed by atoms with E-state index in [1.807, 2.05) is 18.5 Å². The Labute approximate surface area is 160 Å². The second-order valence-corrected chi connectivity index (χ2v) is 6.67. The van der Waals surface area contributed by atoms with Crippen molar-refractivity contribution in [2.75, 3.05) is 19.5 Å². The first kappa shape index (κ1) is 18.5. The molecule has 2 aromatic heterocycles. The van der Waals surface area contributed by atoms with Crippen LogP contribution in [0, 0.1) is 18.3 Å². The Morgan fingerprint density at radius 3 is 2.70 bits per heavy atom. The van der Waals surface area contributed by atoms with E-state index in [9.17, 15) is 10.1 Å². The van der Waals surface area contributed by atoms with Gasteiger partial charge in [-0.1, -0.05) is 0 Å². The van der Waals surface area contributed by atoms with Crippen LogP contribution < -0.4 is 10.5 Å². The molecular weight excluding hydrogens is 364 g/mol. The smallest absolute Gasteiger partial charge is 0.357 e. The zero-order chi connectivity index (χ0) is 19.4. The number of nitriles is 1. The number of nitrogens with zero attached hydrogens (tertiary/aromatic N) is 3. The molecule has 3 rings (SSSR count). The number of aryl methyl sites for hydroxylation is 1. The van der Waals surface area contributed by atoms with Crippen molar-refractivity contribution in [3.63, 3.8) is 0 Å². The Balaban J connectivity index is 1.76. The molecule has 0 saturated carbocycles. The topological polar surface area (TPSA) is 103 Å². The van der Waals surface area contributed by atoms with Crippen LogP contribution in [0.15, 0.2) is 36.0 Å². The molecule has 0 unspecified atom stereocenters. The molecule has 0 aliphatic heterocycles. The number of nitrogen functional groups attached to an aromatic ring is 1. The monoisotopic (exact) mass is 382 g/mol. The highest BCUT2D eigenvalue weighted by Gasteiger charge is 2.21. The number of aromatic nitrogens is 2. The lowest BCUT2D eigenvalue weighted by molar-refractivity contribution is 0.0593. The van der Waals surface area contributed by atoms with E-state index in [4.69, 9.17) is 15.2 Å². The standard InChI is InChI=1S/C19H18N4O3S/c1-12-16(27-11-22-12)7-8-26-15-5-3-14(4-6-15)23-10-13(9-20)17(21)18(23)19(24)25-2/h3-6,10-11H,7-8,21H2,1-2H3. The molecule has 0 aliphatic carbocycles. The van der Waals surface area contributed by atoms with Crippen LogP contribution in [0.5, 0.6) is 5.75 Å². The Bertz CT molecular complexity index is 999. The molecule has 0 atom stereocenters. The van der Waals surface area contributed by atoms with E-state index in [2.05, 4.69) is 4.98 Å². The second kappa shape index (κ2) is 7.93. The fourth-order valence-corrected chi connectivity index (χ4v) is 3.41. The molecule has 2 heterocycles.